The molecule has 2 aliphatic heterocycles. The molecular weight excluding hydrogens is 632 g/mol. The summed E-state index contributed by atoms with van der Waals surface area (Å²) in [5.41, 5.74) is 14.7. The molecule has 0 bridgehead atoms. The van der Waals surface area contributed by atoms with Crippen molar-refractivity contribution in [3.05, 3.63) is 78.7 Å². The highest BCUT2D eigenvalue weighted by Crippen LogP contribution is 2.35. The molecule has 0 amide bonds. The topological polar surface area (TPSA) is 109 Å². The molecular formula is C36H45BrN4O4. The maximum absolute atomic E-state index is 13.2. The quantitative estimate of drug-likeness (QED) is 0.221. The van der Waals surface area contributed by atoms with Gasteiger partial charge in [-0.15, -0.1) is 0 Å². The first-order valence-electron chi connectivity index (χ1n) is 15.8. The zero-order valence-electron chi connectivity index (χ0n) is 28.0. The van der Waals surface area contributed by atoms with Crippen LogP contribution < -0.4 is 0 Å². The molecule has 2 aromatic rings. The number of hydrogen-bond donors (Lipinski definition) is 2. The first-order chi connectivity index (χ1) is 21.4. The van der Waals surface area contributed by atoms with Crippen LogP contribution >= 0.6 is 15.9 Å². The van der Waals surface area contributed by atoms with Crippen LogP contribution in [0, 0.1) is 20.8 Å². The van der Waals surface area contributed by atoms with Crippen LogP contribution in [0.1, 0.15) is 99.4 Å². The molecule has 2 aliphatic rings. The minimum absolute atomic E-state index is 0.208. The van der Waals surface area contributed by atoms with Crippen LogP contribution in [0.4, 0.5) is 0 Å². The van der Waals surface area contributed by atoms with Crippen LogP contribution in [0.3, 0.4) is 0 Å². The van der Waals surface area contributed by atoms with Crippen molar-refractivity contribution >= 4 is 50.4 Å². The number of aromatic amines is 2. The van der Waals surface area contributed by atoms with Crippen molar-refractivity contribution in [2.75, 3.05) is 13.2 Å². The molecule has 0 saturated heterocycles. The highest BCUT2D eigenvalue weighted by molar-refractivity contribution is 9.18. The fraction of sp³-hybridized carbons (Fsp3) is 0.444. The molecule has 0 saturated carbocycles. The van der Waals surface area contributed by atoms with Gasteiger partial charge in [-0.05, 0) is 135 Å². The molecule has 0 radical (unpaired) electrons. The van der Waals surface area contributed by atoms with Gasteiger partial charge in [-0.1, -0.05) is 13.8 Å². The summed E-state index contributed by atoms with van der Waals surface area (Å²) in [4.78, 5) is 42.0. The fourth-order valence-corrected chi connectivity index (χ4v) is 6.93. The second-order valence-electron chi connectivity index (χ2n) is 11.4. The molecule has 0 aliphatic carbocycles. The average molecular weight is 678 g/mol. The van der Waals surface area contributed by atoms with Crippen molar-refractivity contribution in [1.29, 1.82) is 0 Å². The molecule has 2 aromatic heterocycles. The van der Waals surface area contributed by atoms with Crippen LogP contribution in [0.15, 0.2) is 43.7 Å². The van der Waals surface area contributed by atoms with E-state index in [9.17, 15) is 9.59 Å². The van der Waals surface area contributed by atoms with Gasteiger partial charge in [-0.2, -0.15) is 0 Å². The molecule has 9 heteroatoms. The number of nitrogens with one attached hydrogen (secondary N) is 2. The summed E-state index contributed by atoms with van der Waals surface area (Å²) in [6, 6.07) is 0. The number of allylic oxidation sites excluding steroid dienone is 3. The number of carbonyl (C=O) groups excluding carboxylic acids is 2. The zero-order chi connectivity index (χ0) is 33.0. The van der Waals surface area contributed by atoms with Gasteiger partial charge < -0.3 is 19.4 Å². The smallest absolute Gasteiger partial charge is 0.340 e. The lowest BCUT2D eigenvalue weighted by atomic mass is 9.99. The molecule has 240 valence electrons. The Morgan fingerprint density at radius 2 is 1.42 bits per heavy atom. The van der Waals surface area contributed by atoms with Gasteiger partial charge in [-0.3, -0.25) is 9.79 Å². The van der Waals surface area contributed by atoms with E-state index in [1.54, 1.807) is 0 Å². The van der Waals surface area contributed by atoms with Gasteiger partial charge in [0.05, 0.1) is 35.9 Å². The number of aliphatic imine (C=N–C) groups is 2. The number of halogens is 1. The van der Waals surface area contributed by atoms with Gasteiger partial charge in [0, 0.05) is 35.6 Å². The normalized spacial score (nSPS) is 16.8. The van der Waals surface area contributed by atoms with Gasteiger partial charge in [0.2, 0.25) is 0 Å². The van der Waals surface area contributed by atoms with Crippen molar-refractivity contribution in [2.45, 2.75) is 94.4 Å². The highest BCUT2D eigenvalue weighted by atomic mass is 79.9. The number of rotatable bonds is 12. The van der Waals surface area contributed by atoms with E-state index in [1.165, 1.54) is 16.7 Å². The summed E-state index contributed by atoms with van der Waals surface area (Å²) in [5, 5.41) is 0. The highest BCUT2D eigenvalue weighted by Gasteiger charge is 2.29. The van der Waals surface area contributed by atoms with E-state index >= 15 is 0 Å². The second-order valence-corrected chi connectivity index (χ2v) is 12.2. The van der Waals surface area contributed by atoms with Crippen LogP contribution in [0.25, 0.3) is 12.2 Å². The second kappa shape index (κ2) is 14.6. The third-order valence-electron chi connectivity index (χ3n) is 8.74. The summed E-state index contributed by atoms with van der Waals surface area (Å²) in [7, 11) is 0. The molecule has 45 heavy (non-hydrogen) atoms. The Kier molecular flexibility index (Phi) is 11.1. The number of nitrogens with zero attached hydrogens (tertiary/aromatic N) is 2. The summed E-state index contributed by atoms with van der Waals surface area (Å²) < 4.78 is 11.3. The molecule has 4 rings (SSSR count). The number of aryl methyl sites for hydroxylation is 1. The standard InChI is InChI=1S/C36H45BrN4O4/c1-10-24-19(5)27(38-23(24)9)18-32-34(36(43)45-13-4)22(8)30(40-32)17-31-25(11-2)20(6)28(39-31)16-29-21(7)26(35(37)41-29)14-15-33(42)44-12-3/h16,18,38-39H,10-15,17H2,1-9H3/b29-16-,32-18-. The number of carbonyl (C=O) groups is 2. The van der Waals surface area contributed by atoms with E-state index in [4.69, 9.17) is 19.5 Å². The molecule has 4 heterocycles. The Labute approximate surface area is 275 Å². The summed E-state index contributed by atoms with van der Waals surface area (Å²) in [6.07, 6.45) is 7.25. The van der Waals surface area contributed by atoms with Crippen LogP contribution in [-0.2, 0) is 38.3 Å². The molecule has 0 aromatic carbocycles. The molecule has 2 N–H and O–H groups in total. The lowest BCUT2D eigenvalue weighted by molar-refractivity contribution is -0.143. The molecule has 0 atom stereocenters. The molecule has 8 nitrogen and oxygen atoms in total. The maximum Gasteiger partial charge on any atom is 0.340 e. The van der Waals surface area contributed by atoms with Crippen molar-refractivity contribution in [3.63, 3.8) is 0 Å². The first-order valence-corrected chi connectivity index (χ1v) is 16.6. The first kappa shape index (κ1) is 34.2. The molecule has 0 unspecified atom stereocenters. The lowest BCUT2D eigenvalue weighted by Crippen LogP contribution is -2.11. The van der Waals surface area contributed by atoms with Gasteiger partial charge in [0.1, 0.15) is 4.62 Å². The third kappa shape index (κ3) is 7.08. The van der Waals surface area contributed by atoms with Gasteiger partial charge in [0.25, 0.3) is 0 Å². The van der Waals surface area contributed by atoms with E-state index in [2.05, 4.69) is 66.6 Å². The average Bonchev–Trinajstić information content (AvgIpc) is 3.64. The predicted octanol–water partition coefficient (Wildman–Crippen LogP) is 8.12. The minimum atomic E-state index is -0.355. The van der Waals surface area contributed by atoms with Crippen LogP contribution in [-0.4, -0.2) is 45.5 Å². The number of esters is 2. The Bertz CT molecular complexity index is 1710. The summed E-state index contributed by atoms with van der Waals surface area (Å²) in [5.74, 6) is -0.564. The number of hydrogen-bond acceptors (Lipinski definition) is 6. The van der Waals surface area contributed by atoms with Gasteiger partial charge in [0.15, 0.2) is 0 Å². The van der Waals surface area contributed by atoms with Crippen molar-refractivity contribution in [1.82, 2.24) is 9.97 Å². The number of aromatic nitrogens is 2. The molecule has 0 spiro atoms. The largest absolute Gasteiger partial charge is 0.466 e. The van der Waals surface area contributed by atoms with Gasteiger partial charge in [-0.25, -0.2) is 9.79 Å². The summed E-state index contributed by atoms with van der Waals surface area (Å²) >= 11 is 3.60. The lowest BCUT2D eigenvalue weighted by Gasteiger charge is -2.06. The van der Waals surface area contributed by atoms with Crippen LogP contribution in [0.2, 0.25) is 0 Å². The van der Waals surface area contributed by atoms with Gasteiger partial charge >= 0.3 is 11.9 Å². The maximum atomic E-state index is 13.2. The SMILES string of the molecule is CCOC(=O)CCC1=C(C)/C(=C/c2[nH]c(CC3=N/C(=C\c4[nH]c(C)c(CC)c4C)C(C(=O)OCC)=C3C)c(CC)c2C)N=C1Br. The minimum Gasteiger partial charge on any atom is -0.466 e. The Balaban J connectivity index is 1.70. The van der Waals surface area contributed by atoms with E-state index < -0.39 is 0 Å². The summed E-state index contributed by atoms with van der Waals surface area (Å²) in [6.45, 7) is 18.9. The zero-order valence-corrected chi connectivity index (χ0v) is 29.6. The fourth-order valence-electron chi connectivity index (χ4n) is 6.24. The third-order valence-corrected chi connectivity index (χ3v) is 9.40. The monoisotopic (exact) mass is 676 g/mol. The Morgan fingerprint density at radius 1 is 0.800 bits per heavy atom. The molecule has 0 fully saturated rings. The van der Waals surface area contributed by atoms with Crippen LogP contribution in [0.5, 0.6) is 0 Å². The van der Waals surface area contributed by atoms with E-state index in [-0.39, 0.29) is 11.9 Å². The van der Waals surface area contributed by atoms with Crippen molar-refractivity contribution in [3.8, 4) is 0 Å². The number of ether oxygens (including phenoxy) is 2. The van der Waals surface area contributed by atoms with E-state index in [0.29, 0.717) is 43.7 Å². The number of H-pyrrole nitrogens is 2. The van der Waals surface area contributed by atoms with E-state index in [0.717, 1.165) is 73.9 Å². The van der Waals surface area contributed by atoms with Crippen molar-refractivity contribution in [2.24, 2.45) is 9.98 Å². The Morgan fingerprint density at radius 3 is 2.04 bits per heavy atom. The Hall–Kier alpha value is -3.72. The predicted molar refractivity (Wildman–Crippen MR) is 186 cm³/mol. The van der Waals surface area contributed by atoms with E-state index in [1.807, 2.05) is 33.8 Å². The van der Waals surface area contributed by atoms with Crippen molar-refractivity contribution < 1.29 is 19.1 Å².